The molecule has 0 bridgehead atoms. The molecule has 2 aromatic carbocycles. The summed E-state index contributed by atoms with van der Waals surface area (Å²) < 4.78 is 17.1. The quantitative estimate of drug-likeness (QED) is 0.255. The number of anilines is 1. The van der Waals surface area contributed by atoms with Crippen molar-refractivity contribution in [2.75, 3.05) is 18.1 Å². The molecule has 0 unspecified atom stereocenters. The van der Waals surface area contributed by atoms with Gasteiger partial charge in [0.25, 0.3) is 0 Å². The van der Waals surface area contributed by atoms with Crippen molar-refractivity contribution in [2.45, 2.75) is 63.4 Å². The van der Waals surface area contributed by atoms with E-state index in [0.29, 0.717) is 59.0 Å². The molecular formula is C29H28Cl2N2O5. The van der Waals surface area contributed by atoms with Gasteiger partial charge < -0.3 is 18.9 Å². The van der Waals surface area contributed by atoms with Gasteiger partial charge in [-0.25, -0.2) is 0 Å². The monoisotopic (exact) mass is 554 g/mol. The van der Waals surface area contributed by atoms with Crippen molar-refractivity contribution < 1.29 is 23.6 Å². The average molecular weight is 555 g/mol. The molecule has 198 valence electrons. The second kappa shape index (κ2) is 9.93. The first-order valence-corrected chi connectivity index (χ1v) is 13.9. The minimum absolute atomic E-state index is 0.110. The molecule has 6 rings (SSSR count). The number of esters is 1. The fourth-order valence-electron chi connectivity index (χ4n) is 5.36. The summed E-state index contributed by atoms with van der Waals surface area (Å²) in [4.78, 5) is 26.9. The molecule has 2 aliphatic carbocycles. The third kappa shape index (κ3) is 4.46. The number of halogens is 2. The Bertz CT molecular complexity index is 1390. The van der Waals surface area contributed by atoms with E-state index in [0.717, 1.165) is 48.3 Å². The molecule has 2 saturated carbocycles. The molecule has 0 saturated heterocycles. The lowest BCUT2D eigenvalue weighted by Gasteiger charge is -2.18. The number of carbonyl (C=O) groups is 2. The topological polar surface area (TPSA) is 81.9 Å². The van der Waals surface area contributed by atoms with Gasteiger partial charge >= 0.3 is 5.97 Å². The molecule has 1 spiro atoms. The zero-order valence-electron chi connectivity index (χ0n) is 21.1. The molecule has 1 aromatic heterocycles. The molecular weight excluding hydrogens is 527 g/mol. The Labute approximate surface area is 231 Å². The molecule has 2 fully saturated rings. The summed E-state index contributed by atoms with van der Waals surface area (Å²) in [7, 11) is 0. The van der Waals surface area contributed by atoms with Crippen LogP contribution in [0.1, 0.15) is 68.3 Å². The highest BCUT2D eigenvalue weighted by atomic mass is 35.5. The maximum atomic E-state index is 13.3. The van der Waals surface area contributed by atoms with E-state index in [-0.39, 0.29) is 18.5 Å². The summed E-state index contributed by atoms with van der Waals surface area (Å²) in [6.45, 7) is 2.88. The Morgan fingerprint density at radius 1 is 1.18 bits per heavy atom. The average Bonchev–Trinajstić information content (AvgIpc) is 3.83. The highest BCUT2D eigenvalue weighted by molar-refractivity contribution is 6.39. The van der Waals surface area contributed by atoms with Crippen molar-refractivity contribution >= 4 is 40.8 Å². The number of hydrogen-bond acceptors (Lipinski definition) is 6. The normalized spacial score (nSPS) is 17.1. The Morgan fingerprint density at radius 3 is 2.63 bits per heavy atom. The van der Waals surface area contributed by atoms with Gasteiger partial charge in [0.05, 0.1) is 27.6 Å². The first kappa shape index (κ1) is 25.3. The summed E-state index contributed by atoms with van der Waals surface area (Å²) in [6.07, 6.45) is 4.59. The fourth-order valence-corrected chi connectivity index (χ4v) is 5.93. The van der Waals surface area contributed by atoms with E-state index in [4.69, 9.17) is 37.2 Å². The molecule has 0 atom stereocenters. The van der Waals surface area contributed by atoms with E-state index in [2.05, 4.69) is 5.16 Å². The lowest BCUT2D eigenvalue weighted by Crippen LogP contribution is -2.33. The van der Waals surface area contributed by atoms with E-state index >= 15 is 0 Å². The molecule has 1 aliphatic heterocycles. The third-order valence-corrected chi connectivity index (χ3v) is 8.23. The Balaban J connectivity index is 1.23. The standard InChI is InChI=1S/C29H28Cl2N2O5/c1-2-36-24(34)7-4-14-33-23-11-10-18(15-20(23)29(12-13-29)28(33)35)37-16-19-26(32-38-27(19)17-8-9-17)25-21(30)5-3-6-22(25)31/h3,5-6,10-11,15,17H,2,4,7-9,12-14,16H2,1H3. The van der Waals surface area contributed by atoms with Crippen molar-refractivity contribution in [1.29, 1.82) is 0 Å². The summed E-state index contributed by atoms with van der Waals surface area (Å²) >= 11 is 13.0. The zero-order chi connectivity index (χ0) is 26.4. The maximum absolute atomic E-state index is 13.3. The van der Waals surface area contributed by atoms with Crippen LogP contribution in [0.25, 0.3) is 11.3 Å². The van der Waals surface area contributed by atoms with Crippen LogP contribution in [0.5, 0.6) is 5.75 Å². The summed E-state index contributed by atoms with van der Waals surface area (Å²) in [6, 6.07) is 11.2. The minimum atomic E-state index is -0.467. The number of hydrogen-bond donors (Lipinski definition) is 0. The largest absolute Gasteiger partial charge is 0.489 e. The second-order valence-electron chi connectivity index (χ2n) is 10.2. The van der Waals surface area contributed by atoms with Crippen molar-refractivity contribution in [3.05, 3.63) is 63.3 Å². The van der Waals surface area contributed by atoms with Crippen LogP contribution in [0.2, 0.25) is 10.0 Å². The van der Waals surface area contributed by atoms with Gasteiger partial charge in [-0.1, -0.05) is 34.4 Å². The molecule has 9 heteroatoms. The number of rotatable bonds is 10. The molecule has 3 aromatic rings. The smallest absolute Gasteiger partial charge is 0.305 e. The number of aromatic nitrogens is 1. The van der Waals surface area contributed by atoms with Crippen molar-refractivity contribution in [3.8, 4) is 17.0 Å². The molecule has 3 aliphatic rings. The van der Waals surface area contributed by atoms with Crippen LogP contribution in [-0.4, -0.2) is 30.2 Å². The lowest BCUT2D eigenvalue weighted by molar-refractivity contribution is -0.143. The summed E-state index contributed by atoms with van der Waals surface area (Å²) in [5.41, 5.74) is 3.52. The molecule has 2 heterocycles. The maximum Gasteiger partial charge on any atom is 0.305 e. The predicted octanol–water partition coefficient (Wildman–Crippen LogP) is 6.83. The van der Waals surface area contributed by atoms with Gasteiger partial charge in [0.2, 0.25) is 5.91 Å². The Kier molecular flexibility index (Phi) is 6.60. The van der Waals surface area contributed by atoms with Gasteiger partial charge in [0.1, 0.15) is 23.8 Å². The number of fused-ring (bicyclic) bond motifs is 2. The van der Waals surface area contributed by atoms with E-state index in [1.54, 1.807) is 25.1 Å². The first-order valence-electron chi connectivity index (χ1n) is 13.1. The van der Waals surface area contributed by atoms with Gasteiger partial charge in [-0.3, -0.25) is 9.59 Å². The van der Waals surface area contributed by atoms with Crippen LogP contribution in [-0.2, 0) is 26.3 Å². The van der Waals surface area contributed by atoms with Crippen LogP contribution in [0.15, 0.2) is 40.9 Å². The number of benzene rings is 2. The van der Waals surface area contributed by atoms with E-state index in [1.807, 2.05) is 23.1 Å². The minimum Gasteiger partial charge on any atom is -0.489 e. The first-order chi connectivity index (χ1) is 18.4. The molecule has 38 heavy (non-hydrogen) atoms. The van der Waals surface area contributed by atoms with Crippen LogP contribution in [0, 0.1) is 0 Å². The number of ether oxygens (including phenoxy) is 2. The number of carbonyl (C=O) groups excluding carboxylic acids is 2. The van der Waals surface area contributed by atoms with Crippen molar-refractivity contribution in [3.63, 3.8) is 0 Å². The lowest BCUT2D eigenvalue weighted by atomic mass is 9.98. The van der Waals surface area contributed by atoms with Gasteiger partial charge in [0.15, 0.2) is 0 Å². The predicted molar refractivity (Wildman–Crippen MR) is 144 cm³/mol. The fraction of sp³-hybridized carbons (Fsp3) is 0.414. The van der Waals surface area contributed by atoms with Crippen molar-refractivity contribution in [1.82, 2.24) is 5.16 Å². The molecule has 0 radical (unpaired) electrons. The Morgan fingerprint density at radius 2 is 1.95 bits per heavy atom. The Hall–Kier alpha value is -3.03. The highest BCUT2D eigenvalue weighted by Crippen LogP contribution is 2.58. The molecule has 0 N–H and O–H groups in total. The van der Waals surface area contributed by atoms with Crippen LogP contribution < -0.4 is 9.64 Å². The number of amides is 1. The van der Waals surface area contributed by atoms with E-state index in [1.165, 1.54) is 0 Å². The van der Waals surface area contributed by atoms with Gasteiger partial charge in [-0.2, -0.15) is 0 Å². The third-order valence-electron chi connectivity index (χ3n) is 7.60. The molecule has 7 nitrogen and oxygen atoms in total. The summed E-state index contributed by atoms with van der Waals surface area (Å²) in [5, 5.41) is 5.34. The van der Waals surface area contributed by atoms with E-state index in [9.17, 15) is 9.59 Å². The van der Waals surface area contributed by atoms with Gasteiger partial charge in [-0.05, 0) is 74.9 Å². The van der Waals surface area contributed by atoms with E-state index < -0.39 is 5.41 Å². The van der Waals surface area contributed by atoms with Crippen LogP contribution >= 0.6 is 23.2 Å². The second-order valence-corrected chi connectivity index (χ2v) is 11.0. The van der Waals surface area contributed by atoms with Gasteiger partial charge in [-0.15, -0.1) is 0 Å². The zero-order valence-corrected chi connectivity index (χ0v) is 22.6. The number of nitrogens with zero attached hydrogens (tertiary/aromatic N) is 2. The highest BCUT2D eigenvalue weighted by Gasteiger charge is 2.59. The van der Waals surface area contributed by atoms with Gasteiger partial charge in [0, 0.05) is 30.1 Å². The summed E-state index contributed by atoms with van der Waals surface area (Å²) in [5.74, 6) is 1.70. The van der Waals surface area contributed by atoms with Crippen molar-refractivity contribution in [2.24, 2.45) is 0 Å². The SMILES string of the molecule is CCOC(=O)CCCN1C(=O)C2(CC2)c2cc(OCc3c(-c4c(Cl)cccc4Cl)noc3C3CC3)ccc21. The van der Waals surface area contributed by atoms with Crippen LogP contribution in [0.4, 0.5) is 5.69 Å². The van der Waals surface area contributed by atoms with Crippen LogP contribution in [0.3, 0.4) is 0 Å². The molecule has 1 amide bonds.